The zero-order valence-electron chi connectivity index (χ0n) is 13.9. The van der Waals surface area contributed by atoms with Gasteiger partial charge in [-0.3, -0.25) is 9.89 Å². The molecule has 0 aliphatic carbocycles. The van der Waals surface area contributed by atoms with E-state index in [4.69, 9.17) is 4.74 Å². The van der Waals surface area contributed by atoms with Crippen molar-refractivity contribution in [2.24, 2.45) is 0 Å². The van der Waals surface area contributed by atoms with Gasteiger partial charge in [0.25, 0.3) is 0 Å². The lowest BCUT2D eigenvalue weighted by atomic mass is 10.1. The number of benzene rings is 2. The molecule has 0 spiro atoms. The average Bonchev–Trinajstić information content (AvgIpc) is 3.09. The molecular formula is C18H18N4O2S. The van der Waals surface area contributed by atoms with Crippen LogP contribution in [-0.4, -0.2) is 34.0 Å². The van der Waals surface area contributed by atoms with Crippen LogP contribution in [-0.2, 0) is 4.79 Å². The molecule has 0 unspecified atom stereocenters. The first-order valence-corrected chi connectivity index (χ1v) is 8.70. The summed E-state index contributed by atoms with van der Waals surface area (Å²) in [5, 5.41) is 10.5. The van der Waals surface area contributed by atoms with Gasteiger partial charge >= 0.3 is 0 Å². The van der Waals surface area contributed by atoms with Gasteiger partial charge in [-0.1, -0.05) is 48.2 Å². The van der Waals surface area contributed by atoms with E-state index in [0.717, 1.165) is 11.1 Å². The van der Waals surface area contributed by atoms with Crippen molar-refractivity contribution >= 4 is 23.4 Å². The van der Waals surface area contributed by atoms with Crippen LogP contribution < -0.4 is 10.1 Å². The van der Waals surface area contributed by atoms with Crippen LogP contribution in [0, 0.1) is 6.92 Å². The van der Waals surface area contributed by atoms with Gasteiger partial charge in [0.1, 0.15) is 5.75 Å². The van der Waals surface area contributed by atoms with Gasteiger partial charge in [-0.15, -0.1) is 5.10 Å². The number of anilines is 1. The van der Waals surface area contributed by atoms with Crippen LogP contribution in [0.4, 0.5) is 5.69 Å². The number of aryl methyl sites for hydroxylation is 1. The first-order chi connectivity index (χ1) is 12.2. The molecule has 2 aromatic carbocycles. The number of carbonyl (C=O) groups excluding carboxylic acids is 1. The zero-order valence-corrected chi connectivity index (χ0v) is 14.8. The highest BCUT2D eigenvalue weighted by Gasteiger charge is 2.11. The molecule has 6 nitrogen and oxygen atoms in total. The van der Waals surface area contributed by atoms with Crippen LogP contribution in [0.25, 0.3) is 11.4 Å². The van der Waals surface area contributed by atoms with Crippen molar-refractivity contribution < 1.29 is 9.53 Å². The molecule has 0 aliphatic rings. The molecule has 1 amide bonds. The Bertz CT molecular complexity index is 879. The largest absolute Gasteiger partial charge is 0.495 e. The fraction of sp³-hybridized carbons (Fsp3) is 0.167. The second-order valence-electron chi connectivity index (χ2n) is 5.32. The van der Waals surface area contributed by atoms with Gasteiger partial charge in [-0.2, -0.15) is 0 Å². The average molecular weight is 354 g/mol. The topological polar surface area (TPSA) is 79.9 Å². The SMILES string of the molecule is COc1ccccc1NC(=O)CSc1n[nH]c(-c2ccccc2C)n1. The second-order valence-corrected chi connectivity index (χ2v) is 6.26. The fourth-order valence-electron chi connectivity index (χ4n) is 2.33. The number of amides is 1. The number of carbonyl (C=O) groups is 1. The van der Waals surface area contributed by atoms with E-state index in [1.165, 1.54) is 11.8 Å². The van der Waals surface area contributed by atoms with Gasteiger partial charge in [-0.25, -0.2) is 4.98 Å². The maximum Gasteiger partial charge on any atom is 0.234 e. The lowest BCUT2D eigenvalue weighted by molar-refractivity contribution is -0.113. The Hall–Kier alpha value is -2.80. The number of aromatic amines is 1. The third kappa shape index (κ3) is 4.19. The Labute approximate surface area is 150 Å². The van der Waals surface area contributed by atoms with Gasteiger partial charge in [0.05, 0.1) is 18.6 Å². The summed E-state index contributed by atoms with van der Waals surface area (Å²) < 4.78 is 5.22. The van der Waals surface area contributed by atoms with Crippen molar-refractivity contribution in [1.29, 1.82) is 0 Å². The van der Waals surface area contributed by atoms with Crippen LogP contribution >= 0.6 is 11.8 Å². The highest BCUT2D eigenvalue weighted by molar-refractivity contribution is 7.99. The maximum absolute atomic E-state index is 12.1. The van der Waals surface area contributed by atoms with Gasteiger partial charge in [-0.05, 0) is 24.6 Å². The van der Waals surface area contributed by atoms with Crippen LogP contribution in [0.15, 0.2) is 53.7 Å². The molecule has 0 bridgehead atoms. The minimum atomic E-state index is -0.142. The summed E-state index contributed by atoms with van der Waals surface area (Å²) >= 11 is 1.28. The number of nitrogens with one attached hydrogen (secondary N) is 2. The molecule has 25 heavy (non-hydrogen) atoms. The molecule has 2 N–H and O–H groups in total. The third-order valence-electron chi connectivity index (χ3n) is 3.58. The lowest BCUT2D eigenvalue weighted by Crippen LogP contribution is -2.14. The number of methoxy groups -OCH3 is 1. The molecule has 0 saturated heterocycles. The van der Waals surface area contributed by atoms with Gasteiger partial charge in [0.15, 0.2) is 5.82 Å². The van der Waals surface area contributed by atoms with Crippen LogP contribution in [0.3, 0.4) is 0 Å². The monoisotopic (exact) mass is 354 g/mol. The molecule has 3 aromatic rings. The van der Waals surface area contributed by atoms with Crippen LogP contribution in [0.2, 0.25) is 0 Å². The number of H-pyrrole nitrogens is 1. The number of para-hydroxylation sites is 2. The first kappa shape index (κ1) is 17.0. The van der Waals surface area contributed by atoms with Gasteiger partial charge in [0, 0.05) is 5.56 Å². The summed E-state index contributed by atoms with van der Waals surface area (Å²) in [5.41, 5.74) is 2.76. The predicted molar refractivity (Wildman–Crippen MR) is 98.9 cm³/mol. The summed E-state index contributed by atoms with van der Waals surface area (Å²) in [7, 11) is 1.57. The molecule has 3 rings (SSSR count). The summed E-state index contributed by atoms with van der Waals surface area (Å²) in [6.07, 6.45) is 0. The van der Waals surface area contributed by atoms with E-state index in [9.17, 15) is 4.79 Å². The molecule has 128 valence electrons. The van der Waals surface area contributed by atoms with Crippen LogP contribution in [0.5, 0.6) is 5.75 Å². The number of hydrogen-bond donors (Lipinski definition) is 2. The van der Waals surface area contributed by atoms with Crippen molar-refractivity contribution in [3.05, 3.63) is 54.1 Å². The van der Waals surface area contributed by atoms with Crippen molar-refractivity contribution in [2.45, 2.75) is 12.1 Å². The quantitative estimate of drug-likeness (QED) is 0.662. The van der Waals surface area contributed by atoms with Crippen molar-refractivity contribution in [3.63, 3.8) is 0 Å². The minimum Gasteiger partial charge on any atom is -0.495 e. The normalized spacial score (nSPS) is 10.5. The molecule has 7 heteroatoms. The van der Waals surface area contributed by atoms with Gasteiger partial charge in [0.2, 0.25) is 11.1 Å². The van der Waals surface area contributed by atoms with Crippen molar-refractivity contribution in [1.82, 2.24) is 15.2 Å². The molecule has 1 aromatic heterocycles. The molecule has 0 saturated carbocycles. The van der Waals surface area contributed by atoms with E-state index in [1.807, 2.05) is 43.3 Å². The first-order valence-electron chi connectivity index (χ1n) is 7.71. The molecule has 0 aliphatic heterocycles. The minimum absolute atomic E-state index is 0.142. The second kappa shape index (κ2) is 7.85. The Balaban J connectivity index is 1.61. The number of nitrogens with zero attached hydrogens (tertiary/aromatic N) is 2. The highest BCUT2D eigenvalue weighted by atomic mass is 32.2. The number of hydrogen-bond acceptors (Lipinski definition) is 5. The summed E-state index contributed by atoms with van der Waals surface area (Å²) in [5.74, 6) is 1.39. The zero-order chi connectivity index (χ0) is 17.6. The maximum atomic E-state index is 12.1. The lowest BCUT2D eigenvalue weighted by Gasteiger charge is -2.08. The smallest absolute Gasteiger partial charge is 0.234 e. The van der Waals surface area contributed by atoms with Crippen molar-refractivity contribution in [2.75, 3.05) is 18.2 Å². The number of aromatic nitrogens is 3. The highest BCUT2D eigenvalue weighted by Crippen LogP contribution is 2.24. The van der Waals surface area contributed by atoms with E-state index >= 15 is 0 Å². The molecular weight excluding hydrogens is 336 g/mol. The Kier molecular flexibility index (Phi) is 5.35. The Morgan fingerprint density at radius 1 is 1.20 bits per heavy atom. The van der Waals surface area contributed by atoms with E-state index < -0.39 is 0 Å². The van der Waals surface area contributed by atoms with E-state index in [2.05, 4.69) is 20.5 Å². The van der Waals surface area contributed by atoms with Crippen molar-refractivity contribution in [3.8, 4) is 17.1 Å². The van der Waals surface area contributed by atoms with E-state index in [1.54, 1.807) is 19.2 Å². The fourth-order valence-corrected chi connectivity index (χ4v) is 2.93. The summed E-state index contributed by atoms with van der Waals surface area (Å²) in [6, 6.07) is 15.2. The molecule has 0 atom stereocenters. The van der Waals surface area contributed by atoms with E-state index in [-0.39, 0.29) is 11.7 Å². The standard InChI is InChI=1S/C18H18N4O2S/c1-12-7-3-4-8-13(12)17-20-18(22-21-17)25-11-16(23)19-14-9-5-6-10-15(14)24-2/h3-10H,11H2,1-2H3,(H,19,23)(H,20,21,22). The summed E-state index contributed by atoms with van der Waals surface area (Å²) in [4.78, 5) is 16.6. The Morgan fingerprint density at radius 2 is 1.96 bits per heavy atom. The van der Waals surface area contributed by atoms with E-state index in [0.29, 0.717) is 22.4 Å². The number of thioether (sulfide) groups is 1. The van der Waals surface area contributed by atoms with Gasteiger partial charge < -0.3 is 10.1 Å². The molecule has 0 radical (unpaired) electrons. The van der Waals surface area contributed by atoms with Crippen LogP contribution in [0.1, 0.15) is 5.56 Å². The number of ether oxygens (including phenoxy) is 1. The molecule has 1 heterocycles. The molecule has 0 fully saturated rings. The predicted octanol–water partition coefficient (Wildman–Crippen LogP) is 3.52. The third-order valence-corrected chi connectivity index (χ3v) is 4.43. The Morgan fingerprint density at radius 3 is 2.76 bits per heavy atom. The number of rotatable bonds is 6. The summed E-state index contributed by atoms with van der Waals surface area (Å²) in [6.45, 7) is 2.02.